The highest BCUT2D eigenvalue weighted by atomic mass is 32.1. The number of rotatable bonds is 4. The number of aromatic nitrogens is 1. The van der Waals surface area contributed by atoms with E-state index in [9.17, 15) is 9.18 Å². The molecule has 0 spiro atoms. The van der Waals surface area contributed by atoms with Crippen LogP contribution in [0, 0.1) is 12.7 Å². The first-order valence-electron chi connectivity index (χ1n) is 8.27. The molecule has 1 N–H and O–H groups in total. The molecular formula is C21H15FN2OS2. The van der Waals surface area contributed by atoms with Crippen LogP contribution < -0.4 is 5.32 Å². The Morgan fingerprint density at radius 1 is 1.15 bits per heavy atom. The van der Waals surface area contributed by atoms with Crippen molar-refractivity contribution in [1.82, 2.24) is 4.98 Å². The van der Waals surface area contributed by atoms with Gasteiger partial charge >= 0.3 is 0 Å². The number of nitrogens with zero attached hydrogens (tertiary/aromatic N) is 1. The number of anilines is 1. The molecule has 0 bridgehead atoms. The highest BCUT2D eigenvalue weighted by Crippen LogP contribution is 2.28. The molecule has 27 heavy (non-hydrogen) atoms. The summed E-state index contributed by atoms with van der Waals surface area (Å²) in [6, 6.07) is 13.9. The molecule has 0 radical (unpaired) electrons. The zero-order valence-corrected chi connectivity index (χ0v) is 16.0. The maximum atomic E-state index is 13.2. The van der Waals surface area contributed by atoms with Gasteiger partial charge in [0.15, 0.2) is 5.13 Å². The van der Waals surface area contributed by atoms with Gasteiger partial charge in [-0.15, -0.1) is 0 Å². The third-order valence-electron chi connectivity index (χ3n) is 4.02. The lowest BCUT2D eigenvalue weighted by Crippen LogP contribution is -2.13. The van der Waals surface area contributed by atoms with Crippen molar-refractivity contribution >= 4 is 55.6 Å². The number of carbonyl (C=O) groups excluding carboxylic acids is 1. The molecule has 0 saturated heterocycles. The number of nitrogens with one attached hydrogen (secondary N) is 1. The minimum atomic E-state index is -0.307. The first-order valence-corrected chi connectivity index (χ1v) is 10.0. The molecule has 2 heterocycles. The monoisotopic (exact) mass is 394 g/mol. The van der Waals surface area contributed by atoms with E-state index < -0.39 is 0 Å². The van der Waals surface area contributed by atoms with Crippen molar-refractivity contribution in [3.8, 4) is 0 Å². The number of hydrogen-bond donors (Lipinski definition) is 1. The number of thiophene rings is 1. The fraction of sp³-hybridized carbons (Fsp3) is 0.0476. The quantitative estimate of drug-likeness (QED) is 0.432. The maximum Gasteiger partial charge on any atom is 0.258 e. The van der Waals surface area contributed by atoms with Crippen molar-refractivity contribution in [2.45, 2.75) is 6.92 Å². The Morgan fingerprint density at radius 2 is 1.96 bits per heavy atom. The molecule has 0 unspecified atom stereocenters. The van der Waals surface area contributed by atoms with E-state index in [2.05, 4.69) is 16.4 Å². The zero-order chi connectivity index (χ0) is 18.8. The molecule has 3 nitrogen and oxygen atoms in total. The van der Waals surface area contributed by atoms with Gasteiger partial charge in [0.25, 0.3) is 5.91 Å². The Balaban J connectivity index is 1.66. The predicted molar refractivity (Wildman–Crippen MR) is 112 cm³/mol. The van der Waals surface area contributed by atoms with Gasteiger partial charge in [-0.05, 0) is 70.8 Å². The highest BCUT2D eigenvalue weighted by Gasteiger charge is 2.15. The molecule has 4 rings (SSSR count). The fourth-order valence-corrected chi connectivity index (χ4v) is 4.29. The molecule has 2 aromatic carbocycles. The van der Waals surface area contributed by atoms with Crippen LogP contribution in [0.25, 0.3) is 21.9 Å². The summed E-state index contributed by atoms with van der Waals surface area (Å²) in [5.74, 6) is -0.549. The van der Waals surface area contributed by atoms with Crippen LogP contribution in [0.1, 0.15) is 16.7 Å². The van der Waals surface area contributed by atoms with E-state index in [1.165, 1.54) is 34.8 Å². The third kappa shape index (κ3) is 3.97. The molecule has 4 aromatic rings. The van der Waals surface area contributed by atoms with Gasteiger partial charge in [0.05, 0.1) is 10.2 Å². The molecule has 2 aromatic heterocycles. The van der Waals surface area contributed by atoms with Crippen LogP contribution in [-0.4, -0.2) is 10.9 Å². The average Bonchev–Trinajstić information content (AvgIpc) is 3.30. The van der Waals surface area contributed by atoms with Crippen molar-refractivity contribution in [2.75, 3.05) is 5.32 Å². The smallest absolute Gasteiger partial charge is 0.258 e. The molecular weight excluding hydrogens is 379 g/mol. The van der Waals surface area contributed by atoms with E-state index >= 15 is 0 Å². The lowest BCUT2D eigenvalue weighted by molar-refractivity contribution is -0.111. The van der Waals surface area contributed by atoms with Crippen LogP contribution in [0.2, 0.25) is 0 Å². The average molecular weight is 394 g/mol. The van der Waals surface area contributed by atoms with Gasteiger partial charge in [0.2, 0.25) is 0 Å². The Bertz CT molecular complexity index is 1130. The van der Waals surface area contributed by atoms with Gasteiger partial charge in [-0.3, -0.25) is 10.1 Å². The van der Waals surface area contributed by atoms with Crippen LogP contribution in [0.5, 0.6) is 0 Å². The first-order chi connectivity index (χ1) is 13.1. The minimum absolute atomic E-state index is 0.242. The second-order valence-electron chi connectivity index (χ2n) is 6.07. The summed E-state index contributed by atoms with van der Waals surface area (Å²) in [4.78, 5) is 17.4. The van der Waals surface area contributed by atoms with E-state index in [4.69, 9.17) is 0 Å². The van der Waals surface area contributed by atoms with Gasteiger partial charge in [-0.1, -0.05) is 29.5 Å². The third-order valence-corrected chi connectivity index (χ3v) is 5.64. The van der Waals surface area contributed by atoms with Crippen LogP contribution in [0.15, 0.2) is 59.3 Å². The van der Waals surface area contributed by atoms with Gasteiger partial charge in [0, 0.05) is 5.57 Å². The normalized spacial score (nSPS) is 11.7. The SMILES string of the molecule is Cc1ccc2nc(NC(=O)C(=Cc3ccc(F)cc3)c3ccsc3)sc2c1. The Labute approximate surface area is 163 Å². The Morgan fingerprint density at radius 3 is 2.70 bits per heavy atom. The molecule has 0 fully saturated rings. The largest absolute Gasteiger partial charge is 0.298 e. The molecule has 1 amide bonds. The number of fused-ring (bicyclic) bond motifs is 1. The van der Waals surface area contributed by atoms with Crippen molar-refractivity contribution in [3.05, 3.63) is 81.8 Å². The van der Waals surface area contributed by atoms with Crippen molar-refractivity contribution < 1.29 is 9.18 Å². The number of halogens is 1. The van der Waals surface area contributed by atoms with Gasteiger partial charge in [-0.25, -0.2) is 9.37 Å². The van der Waals surface area contributed by atoms with E-state index in [-0.39, 0.29) is 11.7 Å². The fourth-order valence-electron chi connectivity index (χ4n) is 2.67. The summed E-state index contributed by atoms with van der Waals surface area (Å²) in [7, 11) is 0. The van der Waals surface area contributed by atoms with E-state index in [1.54, 1.807) is 18.2 Å². The molecule has 0 aliphatic heterocycles. The number of thiazole rings is 1. The van der Waals surface area contributed by atoms with Gasteiger partial charge in [0.1, 0.15) is 5.82 Å². The summed E-state index contributed by atoms with van der Waals surface area (Å²) in [5.41, 5.74) is 4.10. The highest BCUT2D eigenvalue weighted by molar-refractivity contribution is 7.22. The van der Waals surface area contributed by atoms with Crippen LogP contribution in [-0.2, 0) is 4.79 Å². The molecule has 134 valence electrons. The van der Waals surface area contributed by atoms with E-state index in [1.807, 2.05) is 35.9 Å². The Hall–Kier alpha value is -2.83. The van der Waals surface area contributed by atoms with Gasteiger partial charge in [-0.2, -0.15) is 11.3 Å². The second-order valence-corrected chi connectivity index (χ2v) is 7.88. The summed E-state index contributed by atoms with van der Waals surface area (Å²) < 4.78 is 14.2. The van der Waals surface area contributed by atoms with Crippen molar-refractivity contribution in [1.29, 1.82) is 0 Å². The number of amides is 1. The summed E-state index contributed by atoms with van der Waals surface area (Å²) in [5, 5.41) is 7.29. The van der Waals surface area contributed by atoms with E-state index in [0.29, 0.717) is 10.7 Å². The Kier molecular flexibility index (Phi) is 4.83. The standard InChI is InChI=1S/C21H15FN2OS2/c1-13-2-7-18-19(10-13)27-21(23-18)24-20(25)17(15-8-9-26-12-15)11-14-3-5-16(22)6-4-14/h2-12H,1H3,(H,23,24,25). The van der Waals surface area contributed by atoms with Crippen molar-refractivity contribution in [3.63, 3.8) is 0 Å². The summed E-state index contributed by atoms with van der Waals surface area (Å²) in [6.07, 6.45) is 1.76. The number of benzene rings is 2. The summed E-state index contributed by atoms with van der Waals surface area (Å²) in [6.45, 7) is 2.03. The van der Waals surface area contributed by atoms with Crippen LogP contribution >= 0.6 is 22.7 Å². The van der Waals surface area contributed by atoms with Crippen molar-refractivity contribution in [2.24, 2.45) is 0 Å². The van der Waals surface area contributed by atoms with Gasteiger partial charge < -0.3 is 0 Å². The first kappa shape index (κ1) is 17.6. The zero-order valence-electron chi connectivity index (χ0n) is 14.4. The van der Waals surface area contributed by atoms with Crippen LogP contribution in [0.3, 0.4) is 0 Å². The number of hydrogen-bond acceptors (Lipinski definition) is 4. The predicted octanol–water partition coefficient (Wildman–Crippen LogP) is 5.98. The summed E-state index contributed by atoms with van der Waals surface area (Å²) >= 11 is 2.96. The number of carbonyl (C=O) groups is 1. The molecule has 0 saturated carbocycles. The van der Waals surface area contributed by atoms with Crippen LogP contribution in [0.4, 0.5) is 9.52 Å². The molecule has 6 heteroatoms. The molecule has 0 aliphatic carbocycles. The van der Waals surface area contributed by atoms with E-state index in [0.717, 1.165) is 26.9 Å². The number of aryl methyl sites for hydroxylation is 1. The second kappa shape index (κ2) is 7.42. The lowest BCUT2D eigenvalue weighted by Gasteiger charge is -2.06. The molecule has 0 aliphatic rings. The molecule has 0 atom stereocenters. The topological polar surface area (TPSA) is 42.0 Å². The maximum absolute atomic E-state index is 13.2. The minimum Gasteiger partial charge on any atom is -0.298 e. The lowest BCUT2D eigenvalue weighted by atomic mass is 10.0.